The van der Waals surface area contributed by atoms with E-state index in [0.717, 1.165) is 30.6 Å². The quantitative estimate of drug-likeness (QED) is 0.613. The van der Waals surface area contributed by atoms with Gasteiger partial charge in [-0.1, -0.05) is 65.8 Å². The lowest BCUT2D eigenvalue weighted by molar-refractivity contribution is -0.120. The van der Waals surface area contributed by atoms with Gasteiger partial charge in [0, 0.05) is 30.7 Å². The van der Waals surface area contributed by atoms with Crippen LogP contribution >= 0.6 is 0 Å². The Bertz CT molecular complexity index is 1000. The molecule has 1 saturated heterocycles. The standard InChI is InChI=1S/C24H25N3O4/c28-22(25-15-19-12-7-13-30-23(19)18-10-5-2-6-11-18)16-26-24(29)20-14-21(31-27-20)17-8-3-1-4-9-17/h1-6,8-11,14,19,23H,7,12-13,15-16H2,(H,25,28)(H,26,29). The maximum absolute atomic E-state index is 12.3. The van der Waals surface area contributed by atoms with Crippen molar-refractivity contribution in [1.82, 2.24) is 15.8 Å². The average molecular weight is 419 g/mol. The summed E-state index contributed by atoms with van der Waals surface area (Å²) >= 11 is 0. The van der Waals surface area contributed by atoms with E-state index in [0.29, 0.717) is 12.3 Å². The van der Waals surface area contributed by atoms with Crippen LogP contribution in [0.2, 0.25) is 0 Å². The van der Waals surface area contributed by atoms with E-state index >= 15 is 0 Å². The zero-order valence-electron chi connectivity index (χ0n) is 17.1. The first-order valence-corrected chi connectivity index (χ1v) is 10.4. The molecule has 2 aromatic carbocycles. The fraction of sp³-hybridized carbons (Fsp3) is 0.292. The van der Waals surface area contributed by atoms with Gasteiger partial charge in [-0.15, -0.1) is 0 Å². The molecule has 31 heavy (non-hydrogen) atoms. The molecule has 2 N–H and O–H groups in total. The molecule has 7 heteroatoms. The molecule has 0 radical (unpaired) electrons. The van der Waals surface area contributed by atoms with E-state index in [4.69, 9.17) is 9.26 Å². The number of benzene rings is 2. The summed E-state index contributed by atoms with van der Waals surface area (Å²) in [4.78, 5) is 24.6. The lowest BCUT2D eigenvalue weighted by atomic mass is 9.89. The molecule has 1 aromatic heterocycles. The van der Waals surface area contributed by atoms with Gasteiger partial charge in [0.15, 0.2) is 11.5 Å². The molecule has 2 amide bonds. The van der Waals surface area contributed by atoms with Gasteiger partial charge in [0.25, 0.3) is 5.91 Å². The van der Waals surface area contributed by atoms with Crippen molar-refractivity contribution in [3.05, 3.63) is 78.0 Å². The molecule has 2 heterocycles. The number of nitrogens with one attached hydrogen (secondary N) is 2. The second-order valence-corrected chi connectivity index (χ2v) is 7.53. The molecule has 7 nitrogen and oxygen atoms in total. The van der Waals surface area contributed by atoms with Crippen LogP contribution in [0, 0.1) is 5.92 Å². The third-order valence-electron chi connectivity index (χ3n) is 5.34. The van der Waals surface area contributed by atoms with Gasteiger partial charge in [-0.25, -0.2) is 0 Å². The first kappa shape index (κ1) is 20.8. The number of ether oxygens (including phenoxy) is 1. The predicted molar refractivity (Wildman–Crippen MR) is 115 cm³/mol. The molecule has 3 aromatic rings. The van der Waals surface area contributed by atoms with Crippen molar-refractivity contribution in [3.8, 4) is 11.3 Å². The van der Waals surface area contributed by atoms with E-state index in [2.05, 4.69) is 15.8 Å². The van der Waals surface area contributed by atoms with E-state index in [1.165, 1.54) is 0 Å². The van der Waals surface area contributed by atoms with Crippen LogP contribution in [0.15, 0.2) is 71.3 Å². The van der Waals surface area contributed by atoms with Gasteiger partial charge >= 0.3 is 0 Å². The van der Waals surface area contributed by atoms with E-state index in [-0.39, 0.29) is 30.2 Å². The summed E-state index contributed by atoms with van der Waals surface area (Å²) in [7, 11) is 0. The van der Waals surface area contributed by atoms with E-state index < -0.39 is 5.91 Å². The fourth-order valence-electron chi connectivity index (χ4n) is 3.74. The SMILES string of the molecule is O=C(CNC(=O)c1cc(-c2ccccc2)on1)NCC1CCCOC1c1ccccc1. The molecular weight excluding hydrogens is 394 g/mol. The van der Waals surface area contributed by atoms with Crippen molar-refractivity contribution in [2.75, 3.05) is 19.7 Å². The second-order valence-electron chi connectivity index (χ2n) is 7.53. The van der Waals surface area contributed by atoms with Crippen LogP contribution in [-0.2, 0) is 9.53 Å². The number of nitrogens with zero attached hydrogens (tertiary/aromatic N) is 1. The summed E-state index contributed by atoms with van der Waals surface area (Å²) in [6.07, 6.45) is 1.92. The molecule has 1 aliphatic rings. The maximum Gasteiger partial charge on any atom is 0.273 e. The van der Waals surface area contributed by atoms with Gasteiger partial charge in [-0.2, -0.15) is 0 Å². The zero-order chi connectivity index (χ0) is 21.5. The number of amides is 2. The first-order valence-electron chi connectivity index (χ1n) is 10.4. The van der Waals surface area contributed by atoms with Crippen LogP contribution < -0.4 is 10.6 Å². The van der Waals surface area contributed by atoms with Crippen molar-refractivity contribution in [2.45, 2.75) is 18.9 Å². The van der Waals surface area contributed by atoms with Crippen molar-refractivity contribution < 1.29 is 18.8 Å². The van der Waals surface area contributed by atoms with E-state index in [1.807, 2.05) is 60.7 Å². The van der Waals surface area contributed by atoms with E-state index in [1.54, 1.807) is 6.07 Å². The Morgan fingerprint density at radius 1 is 1.00 bits per heavy atom. The number of hydrogen-bond donors (Lipinski definition) is 2. The summed E-state index contributed by atoms with van der Waals surface area (Å²) in [6, 6.07) is 21.0. The van der Waals surface area contributed by atoms with Crippen LogP contribution in [0.25, 0.3) is 11.3 Å². The number of rotatable bonds is 7. The molecule has 0 spiro atoms. The van der Waals surface area contributed by atoms with Crippen molar-refractivity contribution in [1.29, 1.82) is 0 Å². The molecule has 1 fully saturated rings. The van der Waals surface area contributed by atoms with Gasteiger partial charge in [0.05, 0.1) is 12.6 Å². The normalized spacial score (nSPS) is 18.3. The Kier molecular flexibility index (Phi) is 6.74. The van der Waals surface area contributed by atoms with Gasteiger partial charge in [-0.05, 0) is 18.4 Å². The molecule has 0 aliphatic carbocycles. The topological polar surface area (TPSA) is 93.5 Å². The van der Waals surface area contributed by atoms with E-state index in [9.17, 15) is 9.59 Å². The Morgan fingerprint density at radius 3 is 2.52 bits per heavy atom. The Labute approximate surface area is 180 Å². The van der Waals surface area contributed by atoms with Crippen LogP contribution in [0.1, 0.15) is 35.0 Å². The molecular formula is C24H25N3O4. The zero-order valence-corrected chi connectivity index (χ0v) is 17.1. The molecule has 4 rings (SSSR count). The Morgan fingerprint density at radius 2 is 1.74 bits per heavy atom. The van der Waals surface area contributed by atoms with Crippen LogP contribution in [-0.4, -0.2) is 36.7 Å². The number of aromatic nitrogens is 1. The fourth-order valence-corrected chi connectivity index (χ4v) is 3.74. The summed E-state index contributed by atoms with van der Waals surface area (Å²) in [5, 5.41) is 9.30. The summed E-state index contributed by atoms with van der Waals surface area (Å²) in [6.45, 7) is 1.09. The van der Waals surface area contributed by atoms with Crippen LogP contribution in [0.3, 0.4) is 0 Å². The largest absolute Gasteiger partial charge is 0.373 e. The lowest BCUT2D eigenvalue weighted by Crippen LogP contribution is -2.40. The minimum absolute atomic E-state index is 0.0311. The summed E-state index contributed by atoms with van der Waals surface area (Å²) in [5.74, 6) is -0.0130. The highest BCUT2D eigenvalue weighted by Gasteiger charge is 2.27. The highest BCUT2D eigenvalue weighted by atomic mass is 16.5. The average Bonchev–Trinajstić information content (AvgIpc) is 3.33. The highest BCUT2D eigenvalue weighted by molar-refractivity contribution is 5.95. The summed E-state index contributed by atoms with van der Waals surface area (Å²) in [5.41, 5.74) is 2.08. The number of carbonyl (C=O) groups is 2. The Balaban J connectivity index is 1.26. The van der Waals surface area contributed by atoms with Crippen molar-refractivity contribution in [3.63, 3.8) is 0 Å². The second kappa shape index (κ2) is 10.0. The molecule has 160 valence electrons. The monoisotopic (exact) mass is 419 g/mol. The third-order valence-corrected chi connectivity index (χ3v) is 5.34. The van der Waals surface area contributed by atoms with Crippen molar-refractivity contribution in [2.24, 2.45) is 5.92 Å². The minimum Gasteiger partial charge on any atom is -0.373 e. The summed E-state index contributed by atoms with van der Waals surface area (Å²) < 4.78 is 11.2. The molecule has 2 unspecified atom stereocenters. The van der Waals surface area contributed by atoms with Gasteiger partial charge in [0.1, 0.15) is 0 Å². The van der Waals surface area contributed by atoms with Gasteiger partial charge in [-0.3, -0.25) is 9.59 Å². The maximum atomic E-state index is 12.3. The molecule has 0 saturated carbocycles. The first-order chi connectivity index (χ1) is 15.2. The van der Waals surface area contributed by atoms with Crippen molar-refractivity contribution >= 4 is 11.8 Å². The van der Waals surface area contributed by atoms with Gasteiger partial charge in [0.2, 0.25) is 5.91 Å². The Hall–Kier alpha value is -3.45. The predicted octanol–water partition coefficient (Wildman–Crippen LogP) is 3.36. The molecule has 1 aliphatic heterocycles. The molecule has 2 atom stereocenters. The van der Waals surface area contributed by atoms with Gasteiger partial charge < -0.3 is 19.9 Å². The molecule has 0 bridgehead atoms. The van der Waals surface area contributed by atoms with Crippen LogP contribution in [0.5, 0.6) is 0 Å². The number of hydrogen-bond acceptors (Lipinski definition) is 5. The highest BCUT2D eigenvalue weighted by Crippen LogP contribution is 2.33. The minimum atomic E-state index is -0.454. The third kappa shape index (κ3) is 5.38. The number of carbonyl (C=O) groups excluding carboxylic acids is 2. The smallest absolute Gasteiger partial charge is 0.273 e. The lowest BCUT2D eigenvalue weighted by Gasteiger charge is -2.32. The van der Waals surface area contributed by atoms with Crippen LogP contribution in [0.4, 0.5) is 0 Å².